The van der Waals surface area contributed by atoms with E-state index in [0.29, 0.717) is 11.8 Å². The number of fused-ring (bicyclic) bond motifs is 2. The minimum absolute atomic E-state index is 0.245. The number of halogens is 2. The van der Waals surface area contributed by atoms with E-state index < -0.39 is 0 Å². The molecule has 0 spiro atoms. The van der Waals surface area contributed by atoms with Gasteiger partial charge in [0.15, 0.2) is 0 Å². The van der Waals surface area contributed by atoms with Gasteiger partial charge >= 0.3 is 0 Å². The Morgan fingerprint density at radius 2 is 0.973 bits per heavy atom. The molecule has 0 radical (unpaired) electrons. The second-order valence-electron chi connectivity index (χ2n) is 10.4. The molecule has 0 amide bonds. The Morgan fingerprint density at radius 1 is 0.568 bits per heavy atom. The third kappa shape index (κ3) is 4.78. The molecule has 4 aromatic carbocycles. The fraction of sp³-hybridized carbons (Fsp3) is 0.176. The smallest absolute Gasteiger partial charge is 0.0218 e. The Morgan fingerprint density at radius 3 is 1.38 bits per heavy atom. The van der Waals surface area contributed by atoms with Gasteiger partial charge in [-0.2, -0.15) is 0 Å². The number of rotatable bonds is 6. The number of benzene rings is 4. The Hall–Kier alpha value is -2.46. The van der Waals surface area contributed by atoms with Crippen LogP contribution in [0.15, 0.2) is 105 Å². The molecule has 0 fully saturated rings. The van der Waals surface area contributed by atoms with Crippen molar-refractivity contribution in [3.63, 3.8) is 0 Å². The highest BCUT2D eigenvalue weighted by Crippen LogP contribution is 2.46. The van der Waals surface area contributed by atoms with Crippen LogP contribution in [0, 0.1) is 0 Å². The zero-order valence-electron chi connectivity index (χ0n) is 21.3. The molecule has 6 rings (SSSR count). The highest BCUT2D eigenvalue weighted by atomic mass is 79.9. The van der Waals surface area contributed by atoms with Crippen molar-refractivity contribution in [2.45, 2.75) is 37.8 Å². The number of hydrogen-bond donors (Lipinski definition) is 0. The van der Waals surface area contributed by atoms with Gasteiger partial charge in [0.1, 0.15) is 0 Å². The molecule has 0 nitrogen and oxygen atoms in total. The van der Waals surface area contributed by atoms with Crippen molar-refractivity contribution < 1.29 is 0 Å². The van der Waals surface area contributed by atoms with Gasteiger partial charge in [0.05, 0.1) is 0 Å². The van der Waals surface area contributed by atoms with E-state index in [2.05, 4.69) is 143 Å². The van der Waals surface area contributed by atoms with Crippen LogP contribution >= 0.6 is 31.9 Å². The average molecular weight is 627 g/mol. The van der Waals surface area contributed by atoms with Gasteiger partial charge < -0.3 is 0 Å². The second kappa shape index (κ2) is 10.4. The first-order chi connectivity index (χ1) is 18.0. The summed E-state index contributed by atoms with van der Waals surface area (Å²) in [7, 11) is -0.245. The van der Waals surface area contributed by atoms with Crippen LogP contribution in [0.5, 0.6) is 0 Å². The Kier molecular flexibility index (Phi) is 6.96. The SMILES string of the molecule is CC1=Cc2c(-c3ccc(Br)cc3)cccc2C1C[SiH2]CC1C(C)=Cc2c(-c3ccc(Br)cc3)cccc21. The monoisotopic (exact) mass is 624 g/mol. The lowest BCUT2D eigenvalue weighted by Crippen LogP contribution is -2.06. The molecular weight excluding hydrogens is 596 g/mol. The van der Waals surface area contributed by atoms with Crippen molar-refractivity contribution >= 4 is 53.5 Å². The summed E-state index contributed by atoms with van der Waals surface area (Å²) in [5.41, 5.74) is 14.3. The summed E-state index contributed by atoms with van der Waals surface area (Å²) in [4.78, 5) is 0. The molecule has 37 heavy (non-hydrogen) atoms. The van der Waals surface area contributed by atoms with Gasteiger partial charge in [0.25, 0.3) is 0 Å². The second-order valence-corrected chi connectivity index (χ2v) is 14.1. The first-order valence-electron chi connectivity index (χ1n) is 13.1. The lowest BCUT2D eigenvalue weighted by Gasteiger charge is -2.19. The summed E-state index contributed by atoms with van der Waals surface area (Å²) in [5, 5.41) is 0. The summed E-state index contributed by atoms with van der Waals surface area (Å²) >= 11 is 7.15. The first kappa shape index (κ1) is 24.8. The predicted octanol–water partition coefficient (Wildman–Crippen LogP) is 10.3. The van der Waals surface area contributed by atoms with Crippen molar-refractivity contribution in [2.24, 2.45) is 0 Å². The lowest BCUT2D eigenvalue weighted by atomic mass is 9.93. The molecule has 0 aromatic heterocycles. The maximum Gasteiger partial charge on any atom is 0.0218 e. The van der Waals surface area contributed by atoms with Crippen LogP contribution < -0.4 is 0 Å². The van der Waals surface area contributed by atoms with Crippen molar-refractivity contribution in [3.8, 4) is 22.3 Å². The topological polar surface area (TPSA) is 0 Å². The lowest BCUT2D eigenvalue weighted by molar-refractivity contribution is 0.876. The molecule has 2 atom stereocenters. The third-order valence-electron chi connectivity index (χ3n) is 8.17. The molecule has 0 saturated carbocycles. The number of hydrogen-bond acceptors (Lipinski definition) is 0. The van der Waals surface area contributed by atoms with E-state index in [1.165, 1.54) is 67.7 Å². The average Bonchev–Trinajstić information content (AvgIpc) is 3.40. The highest BCUT2D eigenvalue weighted by Gasteiger charge is 2.27. The van der Waals surface area contributed by atoms with Gasteiger partial charge in [-0.15, -0.1) is 0 Å². The molecular formula is C34H30Br2Si. The summed E-state index contributed by atoms with van der Waals surface area (Å²) in [6.45, 7) is 4.68. The molecule has 2 aliphatic rings. The van der Waals surface area contributed by atoms with Crippen LogP contribution in [0.25, 0.3) is 34.4 Å². The van der Waals surface area contributed by atoms with Crippen molar-refractivity contribution in [2.75, 3.05) is 0 Å². The molecule has 0 heterocycles. The number of allylic oxidation sites excluding steroid dienone is 2. The van der Waals surface area contributed by atoms with Crippen LogP contribution in [0.4, 0.5) is 0 Å². The van der Waals surface area contributed by atoms with E-state index in [-0.39, 0.29) is 9.52 Å². The molecule has 0 aliphatic heterocycles. The van der Waals surface area contributed by atoms with Gasteiger partial charge in [0.2, 0.25) is 0 Å². The molecule has 0 bridgehead atoms. The van der Waals surface area contributed by atoms with Gasteiger partial charge in [-0.25, -0.2) is 0 Å². The summed E-state index contributed by atoms with van der Waals surface area (Å²) in [6, 6.07) is 33.9. The van der Waals surface area contributed by atoms with Crippen molar-refractivity contribution in [1.82, 2.24) is 0 Å². The maximum absolute atomic E-state index is 3.58. The molecule has 3 heteroatoms. The zero-order chi connectivity index (χ0) is 25.5. The fourth-order valence-corrected chi connectivity index (χ4v) is 9.41. The maximum atomic E-state index is 3.58. The quantitative estimate of drug-likeness (QED) is 0.187. The van der Waals surface area contributed by atoms with Crippen LogP contribution in [0.1, 0.15) is 47.9 Å². The molecule has 2 unspecified atom stereocenters. The Bertz CT molecular complexity index is 1410. The van der Waals surface area contributed by atoms with E-state index in [1.54, 1.807) is 0 Å². The standard InChI is InChI=1S/C34H30Br2Si/c1-21-17-31-27(23-9-13-25(35)14-10-23)5-3-7-29(31)33(21)19-37-20-34-22(2)18-32-28(6-4-8-30(32)34)24-11-15-26(36)16-12-24/h3-18,33-34H,19-20,37H2,1-2H3. The zero-order valence-corrected chi connectivity index (χ0v) is 25.9. The van der Waals surface area contributed by atoms with Crippen molar-refractivity contribution in [3.05, 3.63) is 127 Å². The Balaban J connectivity index is 1.20. The van der Waals surface area contributed by atoms with E-state index in [1.807, 2.05) is 0 Å². The predicted molar refractivity (Wildman–Crippen MR) is 170 cm³/mol. The molecule has 0 N–H and O–H groups in total. The first-order valence-corrected chi connectivity index (χ1v) is 16.7. The molecule has 184 valence electrons. The molecule has 0 saturated heterocycles. The highest BCUT2D eigenvalue weighted by molar-refractivity contribution is 9.10. The van der Waals surface area contributed by atoms with Gasteiger partial charge in [-0.1, -0.05) is 128 Å². The molecule has 2 aliphatic carbocycles. The van der Waals surface area contributed by atoms with Gasteiger partial charge in [0, 0.05) is 30.3 Å². The van der Waals surface area contributed by atoms with Crippen LogP contribution in [0.3, 0.4) is 0 Å². The van der Waals surface area contributed by atoms with Gasteiger partial charge in [-0.05, 0) is 82.6 Å². The van der Waals surface area contributed by atoms with E-state index in [4.69, 9.17) is 0 Å². The minimum Gasteiger partial charge on any atom is -0.0655 e. The van der Waals surface area contributed by atoms with E-state index in [9.17, 15) is 0 Å². The van der Waals surface area contributed by atoms with Crippen LogP contribution in [-0.2, 0) is 0 Å². The summed E-state index contributed by atoms with van der Waals surface area (Å²) in [5.74, 6) is 1.16. The third-order valence-corrected chi connectivity index (χ3v) is 11.2. The summed E-state index contributed by atoms with van der Waals surface area (Å²) in [6.07, 6.45) is 4.90. The normalized spacial score (nSPS) is 18.2. The van der Waals surface area contributed by atoms with Gasteiger partial charge in [-0.3, -0.25) is 0 Å². The largest absolute Gasteiger partial charge is 0.0655 e. The molecule has 4 aromatic rings. The Labute approximate surface area is 239 Å². The summed E-state index contributed by atoms with van der Waals surface area (Å²) < 4.78 is 2.25. The van der Waals surface area contributed by atoms with Crippen LogP contribution in [0.2, 0.25) is 12.1 Å². The minimum atomic E-state index is -0.245. The van der Waals surface area contributed by atoms with Crippen molar-refractivity contribution in [1.29, 1.82) is 0 Å². The van der Waals surface area contributed by atoms with E-state index >= 15 is 0 Å². The van der Waals surface area contributed by atoms with Crippen LogP contribution in [-0.4, -0.2) is 9.52 Å². The van der Waals surface area contributed by atoms with E-state index in [0.717, 1.165) is 8.95 Å². The fourth-order valence-electron chi connectivity index (χ4n) is 6.30.